The number of benzene rings is 2. The maximum absolute atomic E-state index is 6.21. The monoisotopic (exact) mass is 385 g/mol. The highest BCUT2D eigenvalue weighted by molar-refractivity contribution is 14.1. The molecule has 0 fully saturated rings. The first-order chi connectivity index (χ1) is 9.10. The molecule has 0 aliphatic carbocycles. The summed E-state index contributed by atoms with van der Waals surface area (Å²) in [5.74, 6) is 0. The van der Waals surface area contributed by atoms with Gasteiger partial charge in [-0.25, -0.2) is 0 Å². The summed E-state index contributed by atoms with van der Waals surface area (Å²) in [5, 5.41) is 4.19. The van der Waals surface area contributed by atoms with E-state index in [1.165, 1.54) is 16.7 Å². The first kappa shape index (κ1) is 14.8. The Balaban J connectivity index is 2.22. The molecule has 0 amide bonds. The van der Waals surface area contributed by atoms with Gasteiger partial charge in [-0.1, -0.05) is 47.5 Å². The number of hydrogen-bond acceptors (Lipinski definition) is 1. The van der Waals surface area contributed by atoms with Crippen LogP contribution in [0.15, 0.2) is 42.5 Å². The van der Waals surface area contributed by atoms with E-state index in [1.807, 2.05) is 7.05 Å². The first-order valence-electron chi connectivity index (χ1n) is 6.28. The van der Waals surface area contributed by atoms with Gasteiger partial charge in [-0.15, -0.1) is 0 Å². The smallest absolute Gasteiger partial charge is 0.0542 e. The summed E-state index contributed by atoms with van der Waals surface area (Å²) >= 11 is 8.46. The van der Waals surface area contributed by atoms with Crippen molar-refractivity contribution in [3.05, 3.63) is 67.7 Å². The van der Waals surface area contributed by atoms with Crippen molar-refractivity contribution in [2.75, 3.05) is 7.05 Å². The maximum Gasteiger partial charge on any atom is 0.0542 e. The summed E-state index contributed by atoms with van der Waals surface area (Å²) in [7, 11) is 1.99. The van der Waals surface area contributed by atoms with Crippen molar-refractivity contribution in [3.8, 4) is 0 Å². The number of aryl methyl sites for hydroxylation is 1. The minimum absolute atomic E-state index is 0.288. The maximum atomic E-state index is 6.21. The number of rotatable bonds is 4. The molecule has 2 rings (SSSR count). The van der Waals surface area contributed by atoms with Gasteiger partial charge in [0.2, 0.25) is 0 Å². The SMILES string of the molecule is CNC(Cc1cccc(C)c1)c1ccc(I)c(Cl)c1. The van der Waals surface area contributed by atoms with Crippen LogP contribution in [0.4, 0.5) is 0 Å². The second-order valence-electron chi connectivity index (χ2n) is 4.71. The summed E-state index contributed by atoms with van der Waals surface area (Å²) in [6.07, 6.45) is 0.967. The van der Waals surface area contributed by atoms with Crippen LogP contribution in [0, 0.1) is 10.5 Å². The molecule has 1 atom stereocenters. The molecule has 0 saturated carbocycles. The lowest BCUT2D eigenvalue weighted by Crippen LogP contribution is -2.18. The lowest BCUT2D eigenvalue weighted by Gasteiger charge is -2.17. The molecule has 0 heterocycles. The summed E-state index contributed by atoms with van der Waals surface area (Å²) in [6, 6.07) is 15.2. The summed E-state index contributed by atoms with van der Waals surface area (Å²) in [4.78, 5) is 0. The average molecular weight is 386 g/mol. The summed E-state index contributed by atoms with van der Waals surface area (Å²) < 4.78 is 1.09. The first-order valence-corrected chi connectivity index (χ1v) is 7.73. The molecular weight excluding hydrogens is 369 g/mol. The predicted octanol–water partition coefficient (Wildman–Crippen LogP) is 4.76. The van der Waals surface area contributed by atoms with Crippen molar-refractivity contribution < 1.29 is 0 Å². The van der Waals surface area contributed by atoms with Gasteiger partial charge in [0.15, 0.2) is 0 Å². The molecule has 0 aliphatic rings. The third kappa shape index (κ3) is 3.94. The summed E-state index contributed by atoms with van der Waals surface area (Å²) in [5.41, 5.74) is 3.87. The van der Waals surface area contributed by atoms with Gasteiger partial charge in [0.1, 0.15) is 0 Å². The second kappa shape index (κ2) is 6.73. The predicted molar refractivity (Wildman–Crippen MR) is 90.9 cm³/mol. The fraction of sp³-hybridized carbons (Fsp3) is 0.250. The van der Waals surface area contributed by atoms with E-state index >= 15 is 0 Å². The molecule has 2 aromatic rings. The molecule has 2 aromatic carbocycles. The minimum atomic E-state index is 0.288. The Morgan fingerprint density at radius 3 is 2.63 bits per heavy atom. The Kier molecular flexibility index (Phi) is 5.25. The molecule has 0 radical (unpaired) electrons. The van der Waals surface area contributed by atoms with E-state index in [-0.39, 0.29) is 6.04 Å². The van der Waals surface area contributed by atoms with Gasteiger partial charge in [-0.3, -0.25) is 0 Å². The fourth-order valence-corrected chi connectivity index (χ4v) is 2.72. The highest BCUT2D eigenvalue weighted by atomic mass is 127. The molecule has 0 aliphatic heterocycles. The van der Waals surface area contributed by atoms with E-state index in [0.29, 0.717) is 0 Å². The Morgan fingerprint density at radius 2 is 2.00 bits per heavy atom. The van der Waals surface area contributed by atoms with Crippen LogP contribution in [0.5, 0.6) is 0 Å². The molecule has 1 unspecified atom stereocenters. The Morgan fingerprint density at radius 1 is 1.21 bits per heavy atom. The van der Waals surface area contributed by atoms with Gasteiger partial charge < -0.3 is 5.32 Å². The van der Waals surface area contributed by atoms with Crippen LogP contribution in [0.1, 0.15) is 22.7 Å². The molecular formula is C16H17ClIN. The molecule has 0 saturated heterocycles. The average Bonchev–Trinajstić information content (AvgIpc) is 2.39. The zero-order valence-electron chi connectivity index (χ0n) is 11.1. The lowest BCUT2D eigenvalue weighted by molar-refractivity contribution is 0.592. The van der Waals surface area contributed by atoms with Gasteiger partial charge in [0.25, 0.3) is 0 Å². The number of halogens is 2. The quantitative estimate of drug-likeness (QED) is 0.749. The van der Waals surface area contributed by atoms with Gasteiger partial charge in [-0.2, -0.15) is 0 Å². The lowest BCUT2D eigenvalue weighted by atomic mass is 9.98. The standard InChI is InChI=1S/C16H17ClIN/c1-11-4-3-5-12(8-11)9-16(19-2)13-6-7-15(18)14(17)10-13/h3-8,10,16,19H,9H2,1-2H3. The van der Waals surface area contributed by atoms with Crippen molar-refractivity contribution >= 4 is 34.2 Å². The minimum Gasteiger partial charge on any atom is -0.313 e. The van der Waals surface area contributed by atoms with E-state index in [9.17, 15) is 0 Å². The van der Waals surface area contributed by atoms with E-state index in [0.717, 1.165) is 15.0 Å². The second-order valence-corrected chi connectivity index (χ2v) is 6.28. The van der Waals surface area contributed by atoms with Gasteiger partial charge in [0, 0.05) is 9.61 Å². The van der Waals surface area contributed by atoms with Crippen LogP contribution in [0.3, 0.4) is 0 Å². The number of nitrogens with one attached hydrogen (secondary N) is 1. The molecule has 1 N–H and O–H groups in total. The van der Waals surface area contributed by atoms with Crippen LogP contribution >= 0.6 is 34.2 Å². The van der Waals surface area contributed by atoms with Gasteiger partial charge in [-0.05, 0) is 66.2 Å². The normalized spacial score (nSPS) is 12.4. The zero-order valence-corrected chi connectivity index (χ0v) is 14.0. The highest BCUT2D eigenvalue weighted by Crippen LogP contribution is 2.25. The van der Waals surface area contributed by atoms with Gasteiger partial charge >= 0.3 is 0 Å². The van der Waals surface area contributed by atoms with E-state index in [2.05, 4.69) is 77.3 Å². The topological polar surface area (TPSA) is 12.0 Å². The van der Waals surface area contributed by atoms with Crippen molar-refractivity contribution in [1.82, 2.24) is 5.32 Å². The Hall–Kier alpha value is -0.580. The largest absolute Gasteiger partial charge is 0.313 e. The van der Waals surface area contributed by atoms with E-state index in [1.54, 1.807) is 0 Å². The zero-order chi connectivity index (χ0) is 13.8. The van der Waals surface area contributed by atoms with E-state index in [4.69, 9.17) is 11.6 Å². The number of likely N-dealkylation sites (N-methyl/N-ethyl adjacent to an activating group) is 1. The fourth-order valence-electron chi connectivity index (χ4n) is 2.19. The number of hydrogen-bond donors (Lipinski definition) is 1. The van der Waals surface area contributed by atoms with E-state index < -0.39 is 0 Å². The Labute approximate surface area is 133 Å². The molecule has 1 nitrogen and oxygen atoms in total. The Bertz CT molecular complexity index is 568. The third-order valence-electron chi connectivity index (χ3n) is 3.22. The van der Waals surface area contributed by atoms with Crippen LogP contribution in [-0.4, -0.2) is 7.05 Å². The third-order valence-corrected chi connectivity index (χ3v) is 4.79. The van der Waals surface area contributed by atoms with Crippen LogP contribution in [-0.2, 0) is 6.42 Å². The molecule has 0 aromatic heterocycles. The molecule has 0 spiro atoms. The van der Waals surface area contributed by atoms with Crippen molar-refractivity contribution in [3.63, 3.8) is 0 Å². The highest BCUT2D eigenvalue weighted by Gasteiger charge is 2.11. The molecule has 19 heavy (non-hydrogen) atoms. The van der Waals surface area contributed by atoms with Crippen LogP contribution in [0.25, 0.3) is 0 Å². The molecule has 0 bridgehead atoms. The van der Waals surface area contributed by atoms with Gasteiger partial charge in [0.05, 0.1) is 5.02 Å². The van der Waals surface area contributed by atoms with Crippen molar-refractivity contribution in [1.29, 1.82) is 0 Å². The van der Waals surface area contributed by atoms with Crippen molar-refractivity contribution in [2.45, 2.75) is 19.4 Å². The molecule has 3 heteroatoms. The van der Waals surface area contributed by atoms with Crippen LogP contribution < -0.4 is 5.32 Å². The van der Waals surface area contributed by atoms with Crippen molar-refractivity contribution in [2.24, 2.45) is 0 Å². The van der Waals surface area contributed by atoms with Crippen LogP contribution in [0.2, 0.25) is 5.02 Å². The summed E-state index contributed by atoms with van der Waals surface area (Å²) in [6.45, 7) is 2.12. The molecule has 100 valence electrons.